The monoisotopic (exact) mass is 493 g/mol. The molecular formula is C21H40N3O8P. The summed E-state index contributed by atoms with van der Waals surface area (Å²) in [5.74, 6) is -0.445. The molecule has 0 bridgehead atoms. The van der Waals surface area contributed by atoms with E-state index in [4.69, 9.17) is 18.5 Å². The molecule has 33 heavy (non-hydrogen) atoms. The lowest BCUT2D eigenvalue weighted by Crippen LogP contribution is -2.57. The number of amides is 3. The van der Waals surface area contributed by atoms with Gasteiger partial charge in [-0.25, -0.2) is 9.59 Å². The van der Waals surface area contributed by atoms with Crippen LogP contribution in [0.3, 0.4) is 0 Å². The highest BCUT2D eigenvalue weighted by Gasteiger charge is 2.37. The van der Waals surface area contributed by atoms with Gasteiger partial charge in [0.15, 0.2) is 0 Å². The van der Waals surface area contributed by atoms with Gasteiger partial charge < -0.3 is 33.6 Å². The predicted molar refractivity (Wildman–Crippen MR) is 123 cm³/mol. The molecule has 192 valence electrons. The molecule has 0 saturated carbocycles. The number of carbonyl (C=O) groups is 3. The van der Waals surface area contributed by atoms with Gasteiger partial charge >= 0.3 is 19.8 Å². The first-order chi connectivity index (χ1) is 15.4. The fraction of sp³-hybridized carbons (Fsp3) is 0.857. The largest absolute Gasteiger partial charge is 0.449 e. The zero-order valence-electron chi connectivity index (χ0n) is 20.8. The number of ether oxygens (including phenoxy) is 2. The predicted octanol–water partition coefficient (Wildman–Crippen LogP) is 3.23. The van der Waals surface area contributed by atoms with Crippen molar-refractivity contribution >= 4 is 25.7 Å². The number of hydrogen-bond acceptors (Lipinski definition) is 8. The summed E-state index contributed by atoms with van der Waals surface area (Å²) in [7, 11) is -3.63. The van der Waals surface area contributed by atoms with E-state index in [1.54, 1.807) is 39.5 Å². The molecule has 0 aromatic rings. The van der Waals surface area contributed by atoms with Crippen molar-refractivity contribution in [2.45, 2.75) is 66.0 Å². The summed E-state index contributed by atoms with van der Waals surface area (Å²) in [6.45, 7) is 12.2. The molecule has 1 atom stereocenters. The van der Waals surface area contributed by atoms with Crippen molar-refractivity contribution in [2.75, 3.05) is 52.2 Å². The van der Waals surface area contributed by atoms with Crippen LogP contribution in [-0.2, 0) is 27.9 Å². The molecule has 1 rings (SSSR count). The number of carbonyl (C=O) groups excluding carboxylic acids is 3. The van der Waals surface area contributed by atoms with Crippen LogP contribution in [-0.4, -0.2) is 91.7 Å². The fourth-order valence-electron chi connectivity index (χ4n) is 3.12. The lowest BCUT2D eigenvalue weighted by Gasteiger charge is -2.36. The van der Waals surface area contributed by atoms with Crippen LogP contribution in [0.25, 0.3) is 0 Å². The number of rotatable bonds is 11. The van der Waals surface area contributed by atoms with Crippen LogP contribution in [0.5, 0.6) is 0 Å². The van der Waals surface area contributed by atoms with Gasteiger partial charge in [-0.1, -0.05) is 13.3 Å². The highest BCUT2D eigenvalue weighted by atomic mass is 31.2. The first-order valence-corrected chi connectivity index (χ1v) is 13.3. The van der Waals surface area contributed by atoms with Crippen molar-refractivity contribution in [3.05, 3.63) is 0 Å². The van der Waals surface area contributed by atoms with E-state index < -0.39 is 37.3 Å². The maximum atomic E-state index is 13.3. The standard InChI is InChI=1S/C21H40N3O8P/c1-7-10-15-29-20(27)24-13-11-23(12-14-24)18(25)17(22-19(26)32-21(4,5)6)16-33(28,30-8-2)31-9-3/h17H,7-16H2,1-6H3,(H,22,26)/t17-/m0/s1. The molecule has 1 aliphatic heterocycles. The van der Waals surface area contributed by atoms with E-state index in [-0.39, 0.29) is 32.5 Å². The third-order valence-corrected chi connectivity index (χ3v) is 6.74. The lowest BCUT2D eigenvalue weighted by molar-refractivity contribution is -0.134. The van der Waals surface area contributed by atoms with E-state index in [1.165, 1.54) is 4.90 Å². The van der Waals surface area contributed by atoms with Crippen molar-refractivity contribution in [3.8, 4) is 0 Å². The molecule has 0 unspecified atom stereocenters. The number of nitrogens with zero attached hydrogens (tertiary/aromatic N) is 2. The number of nitrogens with one attached hydrogen (secondary N) is 1. The fourth-order valence-corrected chi connectivity index (χ4v) is 4.89. The van der Waals surface area contributed by atoms with Crippen molar-refractivity contribution in [2.24, 2.45) is 0 Å². The van der Waals surface area contributed by atoms with Crippen LogP contribution in [0.15, 0.2) is 0 Å². The summed E-state index contributed by atoms with van der Waals surface area (Å²) >= 11 is 0. The maximum absolute atomic E-state index is 13.3. The molecule has 0 aromatic carbocycles. The molecule has 1 heterocycles. The van der Waals surface area contributed by atoms with E-state index in [2.05, 4.69) is 5.32 Å². The molecule has 0 aliphatic carbocycles. The Labute approximate surface area is 197 Å². The molecule has 3 amide bonds. The summed E-state index contributed by atoms with van der Waals surface area (Å²) in [5.41, 5.74) is -0.773. The Bertz CT molecular complexity index is 679. The second-order valence-electron chi connectivity index (χ2n) is 8.61. The summed E-state index contributed by atoms with van der Waals surface area (Å²) in [6.07, 6.45) is 0.179. The van der Waals surface area contributed by atoms with Crippen LogP contribution >= 0.6 is 7.60 Å². The molecule has 0 spiro atoms. The van der Waals surface area contributed by atoms with Gasteiger partial charge in [-0.15, -0.1) is 0 Å². The van der Waals surface area contributed by atoms with Gasteiger partial charge in [0.25, 0.3) is 0 Å². The molecule has 1 aliphatic rings. The minimum Gasteiger partial charge on any atom is -0.449 e. The van der Waals surface area contributed by atoms with Crippen molar-refractivity contribution in [3.63, 3.8) is 0 Å². The molecule has 1 fully saturated rings. The highest BCUT2D eigenvalue weighted by Crippen LogP contribution is 2.48. The van der Waals surface area contributed by atoms with Crippen molar-refractivity contribution in [1.82, 2.24) is 15.1 Å². The van der Waals surface area contributed by atoms with Gasteiger partial charge in [-0.3, -0.25) is 9.36 Å². The maximum Gasteiger partial charge on any atom is 0.409 e. The van der Waals surface area contributed by atoms with E-state index in [0.717, 1.165) is 12.8 Å². The topological polar surface area (TPSA) is 124 Å². The average Bonchev–Trinajstić information content (AvgIpc) is 2.72. The molecule has 1 N–H and O–H groups in total. The van der Waals surface area contributed by atoms with E-state index >= 15 is 0 Å². The lowest BCUT2D eigenvalue weighted by atomic mass is 10.2. The minimum atomic E-state index is -3.63. The van der Waals surface area contributed by atoms with Crippen LogP contribution in [0.1, 0.15) is 54.4 Å². The Balaban J connectivity index is 2.88. The summed E-state index contributed by atoms with van der Waals surface area (Å²) in [4.78, 5) is 40.8. The zero-order chi connectivity index (χ0) is 25.1. The number of piperazine rings is 1. The Morgan fingerprint density at radius 1 is 0.970 bits per heavy atom. The normalized spacial score (nSPS) is 15.7. The summed E-state index contributed by atoms with van der Waals surface area (Å²) in [6, 6.07) is -1.17. The van der Waals surface area contributed by atoms with Crippen molar-refractivity contribution in [1.29, 1.82) is 0 Å². The zero-order valence-corrected chi connectivity index (χ0v) is 21.7. The Morgan fingerprint density at radius 2 is 1.52 bits per heavy atom. The number of alkyl carbamates (subject to hydrolysis) is 1. The number of unbranched alkanes of at least 4 members (excludes halogenated alkanes) is 1. The van der Waals surface area contributed by atoms with Gasteiger partial charge in [0.1, 0.15) is 11.6 Å². The van der Waals surface area contributed by atoms with Crippen LogP contribution in [0, 0.1) is 0 Å². The molecular weight excluding hydrogens is 453 g/mol. The van der Waals surface area contributed by atoms with E-state index in [1.807, 2.05) is 6.92 Å². The van der Waals surface area contributed by atoms with Crippen molar-refractivity contribution < 1.29 is 37.5 Å². The number of hydrogen-bond donors (Lipinski definition) is 1. The smallest absolute Gasteiger partial charge is 0.409 e. The van der Waals surface area contributed by atoms with E-state index in [9.17, 15) is 18.9 Å². The van der Waals surface area contributed by atoms with E-state index in [0.29, 0.717) is 19.7 Å². The molecule has 0 radical (unpaired) electrons. The molecule has 0 aromatic heterocycles. The van der Waals surface area contributed by atoms with Gasteiger partial charge in [-0.2, -0.15) is 0 Å². The third kappa shape index (κ3) is 10.8. The summed E-state index contributed by atoms with van der Waals surface area (Å²) in [5, 5.41) is 2.52. The Morgan fingerprint density at radius 3 is 2.00 bits per heavy atom. The SMILES string of the molecule is CCCCOC(=O)N1CCN(C(=O)[C@H](CP(=O)(OCC)OCC)NC(=O)OC(C)(C)C)CC1. The highest BCUT2D eigenvalue weighted by molar-refractivity contribution is 7.54. The molecule has 12 heteroatoms. The summed E-state index contributed by atoms with van der Waals surface area (Å²) < 4.78 is 34.2. The third-order valence-electron chi connectivity index (χ3n) is 4.62. The Hall–Kier alpha value is -1.84. The second kappa shape index (κ2) is 13.8. The van der Waals surface area contributed by atoms with Gasteiger partial charge in [-0.05, 0) is 41.0 Å². The van der Waals surface area contributed by atoms with Gasteiger partial charge in [0, 0.05) is 26.2 Å². The first kappa shape index (κ1) is 29.2. The Kier molecular flexibility index (Phi) is 12.2. The molecule has 11 nitrogen and oxygen atoms in total. The first-order valence-electron chi connectivity index (χ1n) is 11.5. The van der Waals surface area contributed by atoms with Crippen LogP contribution in [0.4, 0.5) is 9.59 Å². The van der Waals surface area contributed by atoms with Crippen LogP contribution < -0.4 is 5.32 Å². The second-order valence-corrected chi connectivity index (χ2v) is 10.7. The minimum absolute atomic E-state index is 0.128. The molecule has 1 saturated heterocycles. The quantitative estimate of drug-likeness (QED) is 0.344. The average molecular weight is 494 g/mol. The van der Waals surface area contributed by atoms with Gasteiger partial charge in [0.2, 0.25) is 5.91 Å². The van der Waals surface area contributed by atoms with Crippen LogP contribution in [0.2, 0.25) is 0 Å². The van der Waals surface area contributed by atoms with Gasteiger partial charge in [0.05, 0.1) is 26.0 Å².